The number of carbonyl (C=O) groups is 1. The van der Waals surface area contributed by atoms with Crippen LogP contribution in [-0.2, 0) is 0 Å². The number of amides is 2. The molecule has 2 atom stereocenters. The molecule has 130 valence electrons. The SMILES string of the molecule is O=C(Nc1ccccc1Cl)N1C[C@@H]2c3nccn3-c3ccccc3[C@@H]2C1. The van der Waals surface area contributed by atoms with Gasteiger partial charge in [-0.3, -0.25) is 0 Å². The number of aromatic nitrogens is 2. The third kappa shape index (κ3) is 2.31. The number of urea groups is 1. The van der Waals surface area contributed by atoms with E-state index < -0.39 is 0 Å². The molecule has 1 aromatic heterocycles. The summed E-state index contributed by atoms with van der Waals surface area (Å²) in [4.78, 5) is 19.2. The monoisotopic (exact) mass is 364 g/mol. The number of imidazole rings is 1. The van der Waals surface area contributed by atoms with Crippen molar-refractivity contribution in [3.05, 3.63) is 77.3 Å². The topological polar surface area (TPSA) is 50.2 Å². The van der Waals surface area contributed by atoms with Crippen molar-refractivity contribution in [2.24, 2.45) is 0 Å². The predicted molar refractivity (Wildman–Crippen MR) is 101 cm³/mol. The van der Waals surface area contributed by atoms with Gasteiger partial charge in [0.25, 0.3) is 0 Å². The highest BCUT2D eigenvalue weighted by Crippen LogP contribution is 2.45. The van der Waals surface area contributed by atoms with Crippen LogP contribution in [0.15, 0.2) is 60.9 Å². The second-order valence-electron chi connectivity index (χ2n) is 6.74. The van der Waals surface area contributed by atoms with E-state index >= 15 is 0 Å². The van der Waals surface area contributed by atoms with Crippen LogP contribution in [0.1, 0.15) is 23.2 Å². The summed E-state index contributed by atoms with van der Waals surface area (Å²) < 4.78 is 2.14. The van der Waals surface area contributed by atoms with Crippen molar-refractivity contribution in [1.82, 2.24) is 14.5 Å². The second kappa shape index (κ2) is 5.88. The first-order chi connectivity index (χ1) is 12.7. The Balaban J connectivity index is 1.45. The number of carbonyl (C=O) groups excluding carboxylic acids is 1. The lowest BCUT2D eigenvalue weighted by molar-refractivity contribution is 0.221. The van der Waals surface area contributed by atoms with Gasteiger partial charge in [-0.25, -0.2) is 9.78 Å². The van der Waals surface area contributed by atoms with Crippen LogP contribution >= 0.6 is 11.6 Å². The largest absolute Gasteiger partial charge is 0.323 e. The van der Waals surface area contributed by atoms with Gasteiger partial charge in [-0.1, -0.05) is 41.9 Å². The van der Waals surface area contributed by atoms with Crippen LogP contribution in [0.2, 0.25) is 5.02 Å². The van der Waals surface area contributed by atoms with Gasteiger partial charge in [0.1, 0.15) is 5.82 Å². The Labute approximate surface area is 156 Å². The van der Waals surface area contributed by atoms with E-state index in [9.17, 15) is 4.79 Å². The molecule has 5 nitrogen and oxygen atoms in total. The van der Waals surface area contributed by atoms with Crippen LogP contribution in [0.3, 0.4) is 0 Å². The third-order valence-corrected chi connectivity index (χ3v) is 5.65. The molecule has 0 unspecified atom stereocenters. The van der Waals surface area contributed by atoms with Crippen LogP contribution in [0, 0.1) is 0 Å². The molecule has 3 heterocycles. The summed E-state index contributed by atoms with van der Waals surface area (Å²) in [5.74, 6) is 1.50. The predicted octanol–water partition coefficient (Wildman–Crippen LogP) is 4.25. The van der Waals surface area contributed by atoms with Crippen molar-refractivity contribution in [1.29, 1.82) is 0 Å². The number of fused-ring (bicyclic) bond motifs is 6. The van der Waals surface area contributed by atoms with Crippen molar-refractivity contribution in [3.8, 4) is 5.69 Å². The summed E-state index contributed by atoms with van der Waals surface area (Å²) in [6, 6.07) is 15.5. The van der Waals surface area contributed by atoms with Gasteiger partial charge in [0.2, 0.25) is 0 Å². The molecule has 2 aliphatic heterocycles. The number of likely N-dealkylation sites (tertiary alicyclic amines) is 1. The Morgan fingerprint density at radius 1 is 1.08 bits per heavy atom. The normalized spacial score (nSPS) is 20.3. The molecule has 2 aliphatic rings. The molecule has 26 heavy (non-hydrogen) atoms. The lowest BCUT2D eigenvalue weighted by Crippen LogP contribution is -2.33. The number of rotatable bonds is 1. The number of nitrogens with one attached hydrogen (secondary N) is 1. The fourth-order valence-corrected chi connectivity index (χ4v) is 4.30. The van der Waals surface area contributed by atoms with Gasteiger partial charge in [-0.2, -0.15) is 0 Å². The number of hydrogen-bond donors (Lipinski definition) is 1. The minimum absolute atomic E-state index is 0.122. The quantitative estimate of drug-likeness (QED) is 0.701. The molecule has 0 bridgehead atoms. The summed E-state index contributed by atoms with van der Waals surface area (Å²) in [7, 11) is 0. The summed E-state index contributed by atoms with van der Waals surface area (Å²) in [6.45, 7) is 1.32. The molecule has 1 fully saturated rings. The van der Waals surface area contributed by atoms with Crippen LogP contribution in [0.4, 0.5) is 10.5 Å². The van der Waals surface area contributed by atoms with Crippen LogP contribution in [0.5, 0.6) is 0 Å². The van der Waals surface area contributed by atoms with Gasteiger partial charge < -0.3 is 14.8 Å². The van der Waals surface area contributed by atoms with Crippen LogP contribution in [0.25, 0.3) is 5.69 Å². The van der Waals surface area contributed by atoms with Crippen LogP contribution < -0.4 is 5.32 Å². The van der Waals surface area contributed by atoms with E-state index in [0.29, 0.717) is 23.8 Å². The van der Waals surface area contributed by atoms with Gasteiger partial charge in [0.05, 0.1) is 16.4 Å². The maximum Gasteiger partial charge on any atom is 0.321 e. The number of anilines is 1. The van der Waals surface area contributed by atoms with Gasteiger partial charge >= 0.3 is 6.03 Å². The molecule has 1 N–H and O–H groups in total. The van der Waals surface area contributed by atoms with E-state index in [4.69, 9.17) is 11.6 Å². The van der Waals surface area contributed by atoms with E-state index in [1.54, 1.807) is 6.07 Å². The summed E-state index contributed by atoms with van der Waals surface area (Å²) in [5, 5.41) is 3.47. The molecule has 2 aromatic carbocycles. The van der Waals surface area contributed by atoms with E-state index in [0.717, 1.165) is 11.5 Å². The zero-order chi connectivity index (χ0) is 17.7. The average Bonchev–Trinajstić information content (AvgIpc) is 3.31. The van der Waals surface area contributed by atoms with Crippen molar-refractivity contribution >= 4 is 23.3 Å². The molecule has 1 saturated heterocycles. The Morgan fingerprint density at radius 2 is 1.85 bits per heavy atom. The number of halogens is 1. The molecule has 3 aromatic rings. The first-order valence-electron chi connectivity index (χ1n) is 8.65. The van der Waals surface area contributed by atoms with Gasteiger partial charge in [0, 0.05) is 37.3 Å². The average molecular weight is 365 g/mol. The fraction of sp³-hybridized carbons (Fsp3) is 0.200. The van der Waals surface area contributed by atoms with Crippen LogP contribution in [-0.4, -0.2) is 33.6 Å². The van der Waals surface area contributed by atoms with Gasteiger partial charge in [-0.15, -0.1) is 0 Å². The van der Waals surface area contributed by atoms with E-state index in [1.807, 2.05) is 41.6 Å². The fourth-order valence-electron chi connectivity index (χ4n) is 4.12. The maximum atomic E-state index is 12.8. The standard InChI is InChI=1S/C20H17ClN4O/c21-16-6-2-3-7-17(16)23-20(26)24-11-14-13-5-1-4-8-18(13)25-10-9-22-19(25)15(14)12-24/h1-10,14-15H,11-12H2,(H,23,26)/t14-,15-/m0/s1. The summed E-state index contributed by atoms with van der Waals surface area (Å²) in [5.41, 5.74) is 3.07. The number of hydrogen-bond acceptors (Lipinski definition) is 2. The third-order valence-electron chi connectivity index (χ3n) is 5.32. The number of benzene rings is 2. The lowest BCUT2D eigenvalue weighted by atomic mass is 9.84. The van der Waals surface area contributed by atoms with Crippen molar-refractivity contribution < 1.29 is 4.79 Å². The molecule has 6 heteroatoms. The molecule has 0 spiro atoms. The van der Waals surface area contributed by atoms with Gasteiger partial charge in [0.15, 0.2) is 0 Å². The Hall–Kier alpha value is -2.79. The number of para-hydroxylation sites is 2. The molecule has 5 rings (SSSR count). The summed E-state index contributed by atoms with van der Waals surface area (Å²) >= 11 is 6.17. The Kier molecular flexibility index (Phi) is 3.50. The highest BCUT2D eigenvalue weighted by atomic mass is 35.5. The van der Waals surface area contributed by atoms with Crippen molar-refractivity contribution in [2.75, 3.05) is 18.4 Å². The highest BCUT2D eigenvalue weighted by Gasteiger charge is 2.43. The zero-order valence-electron chi connectivity index (χ0n) is 14.0. The summed E-state index contributed by atoms with van der Waals surface area (Å²) in [6.07, 6.45) is 3.83. The van der Waals surface area contributed by atoms with Crippen molar-refractivity contribution in [2.45, 2.75) is 11.8 Å². The number of nitrogens with zero attached hydrogens (tertiary/aromatic N) is 3. The second-order valence-corrected chi connectivity index (χ2v) is 7.15. The smallest absolute Gasteiger partial charge is 0.321 e. The molecular formula is C20H17ClN4O. The highest BCUT2D eigenvalue weighted by molar-refractivity contribution is 6.33. The first kappa shape index (κ1) is 15.5. The van der Waals surface area contributed by atoms with E-state index in [1.165, 1.54) is 5.56 Å². The Bertz CT molecular complexity index is 999. The Morgan fingerprint density at radius 3 is 2.73 bits per heavy atom. The molecular weight excluding hydrogens is 348 g/mol. The zero-order valence-corrected chi connectivity index (χ0v) is 14.7. The van der Waals surface area contributed by atoms with Crippen molar-refractivity contribution in [3.63, 3.8) is 0 Å². The van der Waals surface area contributed by atoms with Gasteiger partial charge in [-0.05, 0) is 23.8 Å². The van der Waals surface area contributed by atoms with E-state index in [2.05, 4.69) is 33.1 Å². The minimum atomic E-state index is -0.122. The molecule has 0 saturated carbocycles. The van der Waals surface area contributed by atoms with E-state index in [-0.39, 0.29) is 17.9 Å². The first-order valence-corrected chi connectivity index (χ1v) is 9.03. The maximum absolute atomic E-state index is 12.8. The lowest BCUT2D eigenvalue weighted by Gasteiger charge is -2.28. The minimum Gasteiger partial charge on any atom is -0.323 e. The molecule has 0 aliphatic carbocycles. The molecule has 2 amide bonds. The molecule has 0 radical (unpaired) electrons.